The normalized spacial score (nSPS) is 17.9. The van der Waals surface area contributed by atoms with Gasteiger partial charge in [0.2, 0.25) is 5.91 Å². The number of primary amides is 1. The molecule has 1 aromatic heterocycles. The van der Waals surface area contributed by atoms with Gasteiger partial charge >= 0.3 is 0 Å². The molecular weight excluding hydrogens is 242 g/mol. The summed E-state index contributed by atoms with van der Waals surface area (Å²) in [6, 6.07) is 7.92. The zero-order valence-corrected chi connectivity index (χ0v) is 10.7. The summed E-state index contributed by atoms with van der Waals surface area (Å²) in [4.78, 5) is 13.4. The Morgan fingerprint density at radius 3 is 2.79 bits per heavy atom. The van der Waals surface area contributed by atoms with Crippen molar-refractivity contribution >= 4 is 16.9 Å². The van der Waals surface area contributed by atoms with E-state index in [-0.39, 0.29) is 11.8 Å². The van der Waals surface area contributed by atoms with Crippen molar-refractivity contribution in [3.63, 3.8) is 0 Å². The van der Waals surface area contributed by atoms with Crippen molar-refractivity contribution in [3.8, 4) is 0 Å². The Morgan fingerprint density at radius 2 is 2.05 bits per heavy atom. The highest BCUT2D eigenvalue weighted by atomic mass is 16.1. The van der Waals surface area contributed by atoms with Crippen LogP contribution in [0.15, 0.2) is 24.3 Å². The maximum atomic E-state index is 11.1. The minimum Gasteiger partial charge on any atom is -0.369 e. The first-order valence-electron chi connectivity index (χ1n) is 6.54. The second-order valence-electron chi connectivity index (χ2n) is 5.01. The van der Waals surface area contributed by atoms with Gasteiger partial charge in [0, 0.05) is 19.0 Å². The molecule has 1 aliphatic heterocycles. The summed E-state index contributed by atoms with van der Waals surface area (Å²) >= 11 is 0. The van der Waals surface area contributed by atoms with Crippen molar-refractivity contribution in [2.75, 3.05) is 13.1 Å². The van der Waals surface area contributed by atoms with E-state index >= 15 is 0 Å². The van der Waals surface area contributed by atoms with Crippen LogP contribution in [0.2, 0.25) is 0 Å². The summed E-state index contributed by atoms with van der Waals surface area (Å²) in [7, 11) is 0. The number of aromatic nitrogens is 3. The third-order valence-electron chi connectivity index (χ3n) is 3.74. The zero-order chi connectivity index (χ0) is 13.2. The Morgan fingerprint density at radius 1 is 1.32 bits per heavy atom. The molecule has 100 valence electrons. The number of benzene rings is 1. The van der Waals surface area contributed by atoms with Crippen LogP contribution in [0.3, 0.4) is 0 Å². The highest BCUT2D eigenvalue weighted by Gasteiger charge is 2.23. The molecule has 0 radical (unpaired) electrons. The van der Waals surface area contributed by atoms with Gasteiger partial charge in [0.25, 0.3) is 0 Å². The van der Waals surface area contributed by atoms with Gasteiger partial charge in [-0.1, -0.05) is 17.3 Å². The van der Waals surface area contributed by atoms with Crippen LogP contribution in [0.1, 0.15) is 12.8 Å². The van der Waals surface area contributed by atoms with Gasteiger partial charge in [0.05, 0.1) is 12.2 Å². The first-order chi connectivity index (χ1) is 9.24. The van der Waals surface area contributed by atoms with E-state index in [1.54, 1.807) is 0 Å². The maximum absolute atomic E-state index is 11.1. The van der Waals surface area contributed by atoms with Gasteiger partial charge in [-0.15, -0.1) is 5.10 Å². The molecule has 2 aromatic rings. The predicted octanol–water partition coefficient (Wildman–Crippen LogP) is 0.586. The smallest absolute Gasteiger partial charge is 0.220 e. The molecule has 0 spiro atoms. The van der Waals surface area contributed by atoms with E-state index in [0.29, 0.717) is 6.67 Å². The molecule has 1 saturated heterocycles. The molecule has 2 heterocycles. The number of carbonyl (C=O) groups excluding carboxylic acids is 1. The number of carbonyl (C=O) groups is 1. The van der Waals surface area contributed by atoms with Gasteiger partial charge in [-0.2, -0.15) is 0 Å². The molecule has 1 aliphatic rings. The van der Waals surface area contributed by atoms with E-state index in [1.807, 2.05) is 28.9 Å². The van der Waals surface area contributed by atoms with Crippen molar-refractivity contribution < 1.29 is 4.79 Å². The van der Waals surface area contributed by atoms with E-state index in [0.717, 1.165) is 37.0 Å². The highest BCUT2D eigenvalue weighted by Crippen LogP contribution is 2.18. The Kier molecular flexibility index (Phi) is 3.16. The lowest BCUT2D eigenvalue weighted by Crippen LogP contribution is -2.39. The lowest BCUT2D eigenvalue weighted by atomic mass is 9.97. The number of fused-ring (bicyclic) bond motifs is 1. The lowest BCUT2D eigenvalue weighted by molar-refractivity contribution is -0.123. The molecule has 3 rings (SSSR count). The molecule has 0 aliphatic carbocycles. The highest BCUT2D eigenvalue weighted by molar-refractivity contribution is 5.76. The number of nitrogens with two attached hydrogens (primary N) is 1. The summed E-state index contributed by atoms with van der Waals surface area (Å²) in [6.45, 7) is 2.47. The first kappa shape index (κ1) is 12.1. The number of likely N-dealkylation sites (tertiary alicyclic amines) is 1. The lowest BCUT2D eigenvalue weighted by Gasteiger charge is -2.30. The average Bonchev–Trinajstić information content (AvgIpc) is 2.83. The third kappa shape index (κ3) is 2.44. The van der Waals surface area contributed by atoms with Crippen molar-refractivity contribution in [2.45, 2.75) is 19.5 Å². The molecule has 0 saturated carbocycles. The second kappa shape index (κ2) is 4.97. The zero-order valence-electron chi connectivity index (χ0n) is 10.7. The number of rotatable bonds is 3. The fraction of sp³-hybridized carbons (Fsp3) is 0.462. The van der Waals surface area contributed by atoms with E-state index in [4.69, 9.17) is 5.73 Å². The molecule has 6 heteroatoms. The van der Waals surface area contributed by atoms with E-state index in [2.05, 4.69) is 15.2 Å². The van der Waals surface area contributed by atoms with Gasteiger partial charge in [-0.3, -0.25) is 9.69 Å². The number of hydrogen-bond donors (Lipinski definition) is 1. The van der Waals surface area contributed by atoms with E-state index in [1.165, 1.54) is 0 Å². The van der Waals surface area contributed by atoms with Crippen LogP contribution in [-0.4, -0.2) is 38.9 Å². The molecular formula is C13H17N5O. The SMILES string of the molecule is NC(=O)C1CCN(Cn2nnc3ccccc32)CC1. The number of hydrogen-bond acceptors (Lipinski definition) is 4. The van der Waals surface area contributed by atoms with Gasteiger partial charge in [-0.25, -0.2) is 4.68 Å². The Balaban J connectivity index is 1.68. The van der Waals surface area contributed by atoms with Crippen molar-refractivity contribution in [3.05, 3.63) is 24.3 Å². The molecule has 6 nitrogen and oxygen atoms in total. The van der Waals surface area contributed by atoms with Gasteiger partial charge < -0.3 is 5.73 Å². The van der Waals surface area contributed by atoms with Crippen LogP contribution in [0.4, 0.5) is 0 Å². The van der Waals surface area contributed by atoms with Crippen LogP contribution in [0.25, 0.3) is 11.0 Å². The predicted molar refractivity (Wildman–Crippen MR) is 71.0 cm³/mol. The molecule has 1 amide bonds. The van der Waals surface area contributed by atoms with Crippen LogP contribution in [-0.2, 0) is 11.5 Å². The average molecular weight is 259 g/mol. The van der Waals surface area contributed by atoms with Crippen LogP contribution < -0.4 is 5.73 Å². The fourth-order valence-electron chi connectivity index (χ4n) is 2.57. The standard InChI is InChI=1S/C13H17N5O/c14-13(19)10-5-7-17(8-6-10)9-18-12-4-2-1-3-11(12)15-16-18/h1-4,10H,5-9H2,(H2,14,19). The summed E-state index contributed by atoms with van der Waals surface area (Å²) in [5.41, 5.74) is 7.29. The van der Waals surface area contributed by atoms with E-state index < -0.39 is 0 Å². The number of para-hydroxylation sites is 1. The quantitative estimate of drug-likeness (QED) is 0.875. The van der Waals surface area contributed by atoms with Gasteiger partial charge in [0.15, 0.2) is 0 Å². The monoisotopic (exact) mass is 259 g/mol. The third-order valence-corrected chi connectivity index (χ3v) is 3.74. The number of nitrogens with zero attached hydrogens (tertiary/aromatic N) is 4. The fourth-order valence-corrected chi connectivity index (χ4v) is 2.57. The molecule has 19 heavy (non-hydrogen) atoms. The topological polar surface area (TPSA) is 77.0 Å². The molecule has 0 bridgehead atoms. The molecule has 0 unspecified atom stereocenters. The first-order valence-corrected chi connectivity index (χ1v) is 6.54. The molecule has 1 fully saturated rings. The van der Waals surface area contributed by atoms with Crippen molar-refractivity contribution in [1.82, 2.24) is 19.9 Å². The van der Waals surface area contributed by atoms with Crippen molar-refractivity contribution in [2.24, 2.45) is 11.7 Å². The Hall–Kier alpha value is -1.95. The molecule has 1 aromatic carbocycles. The number of amides is 1. The minimum atomic E-state index is -0.175. The second-order valence-corrected chi connectivity index (χ2v) is 5.01. The summed E-state index contributed by atoms with van der Waals surface area (Å²) < 4.78 is 1.90. The van der Waals surface area contributed by atoms with Crippen molar-refractivity contribution in [1.29, 1.82) is 0 Å². The largest absolute Gasteiger partial charge is 0.369 e. The Labute approximate surface area is 111 Å². The summed E-state index contributed by atoms with van der Waals surface area (Å²) in [5.74, 6) is -0.144. The summed E-state index contributed by atoms with van der Waals surface area (Å²) in [6.07, 6.45) is 1.67. The van der Waals surface area contributed by atoms with Crippen LogP contribution >= 0.6 is 0 Å². The Bertz CT molecular complexity index is 585. The molecule has 2 N–H and O–H groups in total. The minimum absolute atomic E-state index is 0.0312. The van der Waals surface area contributed by atoms with Crippen LogP contribution in [0, 0.1) is 5.92 Å². The van der Waals surface area contributed by atoms with E-state index in [9.17, 15) is 4.79 Å². The summed E-state index contributed by atoms with van der Waals surface area (Å²) in [5, 5.41) is 8.32. The van der Waals surface area contributed by atoms with Crippen LogP contribution in [0.5, 0.6) is 0 Å². The molecule has 0 atom stereocenters. The maximum Gasteiger partial charge on any atom is 0.220 e. The van der Waals surface area contributed by atoms with Gasteiger partial charge in [-0.05, 0) is 25.0 Å². The van der Waals surface area contributed by atoms with Gasteiger partial charge in [0.1, 0.15) is 5.52 Å². The number of piperidine rings is 1.